The van der Waals surface area contributed by atoms with Gasteiger partial charge in [-0.15, -0.1) is 6.58 Å². The van der Waals surface area contributed by atoms with E-state index < -0.39 is 6.10 Å². The van der Waals surface area contributed by atoms with Crippen molar-refractivity contribution in [2.75, 3.05) is 11.4 Å². The molecule has 0 aliphatic carbocycles. The van der Waals surface area contributed by atoms with E-state index >= 15 is 0 Å². The van der Waals surface area contributed by atoms with Gasteiger partial charge in [-0.1, -0.05) is 18.2 Å². The smallest absolute Gasteiger partial charge is 0.146 e. The Morgan fingerprint density at radius 2 is 2.06 bits per heavy atom. The fourth-order valence-corrected chi connectivity index (χ4v) is 1.87. The first-order valence-electron chi connectivity index (χ1n) is 5.83. The molecular formula is C14H20FNO. The van der Waals surface area contributed by atoms with E-state index in [-0.39, 0.29) is 11.9 Å². The monoisotopic (exact) mass is 237 g/mol. The molecule has 0 amide bonds. The summed E-state index contributed by atoms with van der Waals surface area (Å²) in [5, 5.41) is 9.71. The number of hydrogen-bond donors (Lipinski definition) is 1. The Bertz CT molecular complexity index is 388. The second kappa shape index (κ2) is 5.82. The van der Waals surface area contributed by atoms with Gasteiger partial charge in [-0.2, -0.15) is 0 Å². The molecule has 0 fully saturated rings. The Morgan fingerprint density at radius 3 is 2.53 bits per heavy atom. The van der Waals surface area contributed by atoms with Gasteiger partial charge in [0.25, 0.3) is 0 Å². The number of aliphatic hydroxyl groups is 1. The standard InChI is InChI=1S/C14H20FNO/c1-5-9-16(10(2)3)14-12(11(4)17)7-6-8-13(14)15/h5-8,10-11,17H,1,9H2,2-4H3/t11-/m0/s1. The summed E-state index contributed by atoms with van der Waals surface area (Å²) in [7, 11) is 0. The maximum atomic E-state index is 14.0. The Hall–Kier alpha value is -1.35. The number of aliphatic hydroxyl groups excluding tert-OH is 1. The van der Waals surface area contributed by atoms with Gasteiger partial charge in [0.15, 0.2) is 0 Å². The van der Waals surface area contributed by atoms with Crippen molar-refractivity contribution in [3.05, 3.63) is 42.2 Å². The molecule has 0 aromatic heterocycles. The second-order valence-corrected chi connectivity index (χ2v) is 4.39. The minimum absolute atomic E-state index is 0.141. The van der Waals surface area contributed by atoms with E-state index in [4.69, 9.17) is 0 Å². The number of para-hydroxylation sites is 1. The molecule has 1 N–H and O–H groups in total. The summed E-state index contributed by atoms with van der Waals surface area (Å²) in [6.07, 6.45) is 1.05. The molecule has 0 spiro atoms. The van der Waals surface area contributed by atoms with E-state index in [2.05, 4.69) is 6.58 Å². The molecule has 0 heterocycles. The summed E-state index contributed by atoms with van der Waals surface area (Å²) < 4.78 is 14.0. The molecule has 0 aliphatic rings. The van der Waals surface area contributed by atoms with Gasteiger partial charge in [-0.25, -0.2) is 4.39 Å². The van der Waals surface area contributed by atoms with Crippen molar-refractivity contribution in [1.82, 2.24) is 0 Å². The third-order valence-electron chi connectivity index (χ3n) is 2.70. The van der Waals surface area contributed by atoms with Gasteiger partial charge in [0.1, 0.15) is 5.82 Å². The van der Waals surface area contributed by atoms with Crippen LogP contribution in [0.15, 0.2) is 30.9 Å². The molecule has 1 rings (SSSR count). The van der Waals surface area contributed by atoms with Crippen LogP contribution in [-0.2, 0) is 0 Å². The number of hydrogen-bond acceptors (Lipinski definition) is 2. The van der Waals surface area contributed by atoms with Crippen molar-refractivity contribution in [3.63, 3.8) is 0 Å². The number of rotatable bonds is 5. The first-order chi connectivity index (χ1) is 7.99. The maximum absolute atomic E-state index is 14.0. The van der Waals surface area contributed by atoms with Gasteiger partial charge in [0.2, 0.25) is 0 Å². The summed E-state index contributed by atoms with van der Waals surface area (Å²) in [4.78, 5) is 1.89. The lowest BCUT2D eigenvalue weighted by molar-refractivity contribution is 0.199. The van der Waals surface area contributed by atoms with Gasteiger partial charge in [0.05, 0.1) is 11.8 Å². The Labute approximate surface area is 102 Å². The van der Waals surface area contributed by atoms with Crippen LogP contribution in [0.2, 0.25) is 0 Å². The van der Waals surface area contributed by atoms with Crippen molar-refractivity contribution in [2.24, 2.45) is 0 Å². The SMILES string of the molecule is C=CCN(c1c(F)cccc1[C@H](C)O)C(C)C. The van der Waals surface area contributed by atoms with E-state index in [1.165, 1.54) is 6.07 Å². The summed E-state index contributed by atoms with van der Waals surface area (Å²) in [5.41, 5.74) is 1.08. The lowest BCUT2D eigenvalue weighted by Gasteiger charge is -2.30. The Kier molecular flexibility index (Phi) is 4.70. The highest BCUT2D eigenvalue weighted by molar-refractivity contribution is 5.56. The van der Waals surface area contributed by atoms with Gasteiger partial charge >= 0.3 is 0 Å². The third kappa shape index (κ3) is 3.07. The van der Waals surface area contributed by atoms with E-state index in [0.29, 0.717) is 17.8 Å². The van der Waals surface area contributed by atoms with Crippen LogP contribution in [0.1, 0.15) is 32.4 Å². The highest BCUT2D eigenvalue weighted by atomic mass is 19.1. The predicted octanol–water partition coefficient (Wildman–Crippen LogP) is 3.28. The fraction of sp³-hybridized carbons (Fsp3) is 0.429. The first-order valence-corrected chi connectivity index (χ1v) is 5.83. The quantitative estimate of drug-likeness (QED) is 0.794. The van der Waals surface area contributed by atoms with Crippen LogP contribution in [0.3, 0.4) is 0 Å². The molecule has 94 valence electrons. The summed E-state index contributed by atoms with van der Waals surface area (Å²) >= 11 is 0. The number of nitrogens with zero attached hydrogens (tertiary/aromatic N) is 1. The van der Waals surface area contributed by atoms with Crippen molar-refractivity contribution >= 4 is 5.69 Å². The van der Waals surface area contributed by atoms with E-state index in [9.17, 15) is 9.50 Å². The van der Waals surface area contributed by atoms with Crippen LogP contribution in [0.4, 0.5) is 10.1 Å². The maximum Gasteiger partial charge on any atom is 0.146 e. The normalized spacial score (nSPS) is 12.6. The highest BCUT2D eigenvalue weighted by Crippen LogP contribution is 2.30. The van der Waals surface area contributed by atoms with Crippen LogP contribution >= 0.6 is 0 Å². The molecule has 0 unspecified atom stereocenters. The lowest BCUT2D eigenvalue weighted by atomic mass is 10.1. The molecule has 1 aromatic carbocycles. The predicted molar refractivity (Wildman–Crippen MR) is 69.7 cm³/mol. The number of anilines is 1. The highest BCUT2D eigenvalue weighted by Gasteiger charge is 2.19. The van der Waals surface area contributed by atoms with Gasteiger partial charge in [0, 0.05) is 18.2 Å². The minimum Gasteiger partial charge on any atom is -0.389 e. The Morgan fingerprint density at radius 1 is 1.41 bits per heavy atom. The van der Waals surface area contributed by atoms with Gasteiger partial charge in [-0.3, -0.25) is 0 Å². The average molecular weight is 237 g/mol. The molecule has 0 saturated carbocycles. The molecule has 2 nitrogen and oxygen atoms in total. The largest absolute Gasteiger partial charge is 0.389 e. The van der Waals surface area contributed by atoms with Crippen LogP contribution in [0, 0.1) is 5.82 Å². The molecule has 0 bridgehead atoms. The van der Waals surface area contributed by atoms with Crippen molar-refractivity contribution < 1.29 is 9.50 Å². The van der Waals surface area contributed by atoms with Crippen molar-refractivity contribution in [2.45, 2.75) is 32.9 Å². The Balaban J connectivity index is 3.29. The van der Waals surface area contributed by atoms with Crippen LogP contribution in [0.25, 0.3) is 0 Å². The van der Waals surface area contributed by atoms with Gasteiger partial charge in [-0.05, 0) is 26.8 Å². The summed E-state index contributed by atoms with van der Waals surface area (Å²) in [6.45, 7) is 9.86. The lowest BCUT2D eigenvalue weighted by Crippen LogP contribution is -2.32. The number of halogens is 1. The molecule has 0 radical (unpaired) electrons. The van der Waals surface area contributed by atoms with Crippen LogP contribution < -0.4 is 4.90 Å². The summed E-state index contributed by atoms with van der Waals surface area (Å²) in [5.74, 6) is -0.307. The van der Waals surface area contributed by atoms with E-state index in [0.717, 1.165) is 0 Å². The number of benzene rings is 1. The molecular weight excluding hydrogens is 217 g/mol. The zero-order valence-corrected chi connectivity index (χ0v) is 10.7. The fourth-order valence-electron chi connectivity index (χ4n) is 1.87. The van der Waals surface area contributed by atoms with Crippen LogP contribution in [0.5, 0.6) is 0 Å². The zero-order chi connectivity index (χ0) is 13.0. The zero-order valence-electron chi connectivity index (χ0n) is 10.7. The van der Waals surface area contributed by atoms with E-state index in [1.807, 2.05) is 18.7 Å². The first kappa shape index (κ1) is 13.7. The minimum atomic E-state index is -0.688. The second-order valence-electron chi connectivity index (χ2n) is 4.39. The van der Waals surface area contributed by atoms with Crippen molar-refractivity contribution in [1.29, 1.82) is 0 Å². The molecule has 1 atom stereocenters. The molecule has 0 aliphatic heterocycles. The average Bonchev–Trinajstić information content (AvgIpc) is 2.25. The molecule has 1 aromatic rings. The van der Waals surface area contributed by atoms with Crippen LogP contribution in [-0.4, -0.2) is 17.7 Å². The van der Waals surface area contributed by atoms with Crippen molar-refractivity contribution in [3.8, 4) is 0 Å². The molecule has 17 heavy (non-hydrogen) atoms. The topological polar surface area (TPSA) is 23.5 Å². The third-order valence-corrected chi connectivity index (χ3v) is 2.70. The van der Waals surface area contributed by atoms with E-state index in [1.54, 1.807) is 25.1 Å². The molecule has 0 saturated heterocycles. The summed E-state index contributed by atoms with van der Waals surface area (Å²) in [6, 6.07) is 4.93. The molecule has 3 heteroatoms. The van der Waals surface area contributed by atoms with Gasteiger partial charge < -0.3 is 10.0 Å².